The highest BCUT2D eigenvalue weighted by molar-refractivity contribution is 4.81. The van der Waals surface area contributed by atoms with Crippen LogP contribution in [0, 0.1) is 11.8 Å². The number of ether oxygens (including phenoxy) is 1. The second-order valence-corrected chi connectivity index (χ2v) is 6.13. The summed E-state index contributed by atoms with van der Waals surface area (Å²) in [6, 6.07) is 0. The van der Waals surface area contributed by atoms with Gasteiger partial charge in [0, 0.05) is 12.1 Å². The van der Waals surface area contributed by atoms with Crippen molar-refractivity contribution in [2.45, 2.75) is 58.1 Å². The molecular weight excluding hydrogens is 214 g/mol. The topological polar surface area (TPSA) is 41.5 Å². The zero-order valence-electron chi connectivity index (χ0n) is 11.8. The first-order chi connectivity index (χ1) is 7.99. The average molecular weight is 243 g/mol. The Morgan fingerprint density at radius 2 is 1.82 bits per heavy atom. The van der Waals surface area contributed by atoms with Gasteiger partial charge in [-0.05, 0) is 51.5 Å². The molecule has 0 spiro atoms. The Hall–Kier alpha value is -0.120. The second-order valence-electron chi connectivity index (χ2n) is 6.13. The Kier molecular flexibility index (Phi) is 5.90. The minimum atomic E-state index is -0.202. The molecule has 1 aliphatic rings. The van der Waals surface area contributed by atoms with E-state index < -0.39 is 0 Å². The van der Waals surface area contributed by atoms with E-state index >= 15 is 0 Å². The van der Waals surface area contributed by atoms with Gasteiger partial charge in [0.25, 0.3) is 0 Å². The Balaban J connectivity index is 2.26. The first-order valence-corrected chi connectivity index (χ1v) is 6.90. The highest BCUT2D eigenvalue weighted by atomic mass is 16.5. The van der Waals surface area contributed by atoms with E-state index in [1.165, 1.54) is 19.3 Å². The van der Waals surface area contributed by atoms with Crippen molar-refractivity contribution in [2.24, 2.45) is 11.8 Å². The van der Waals surface area contributed by atoms with Crippen LogP contribution in [0.1, 0.15) is 46.5 Å². The van der Waals surface area contributed by atoms with E-state index in [0.29, 0.717) is 6.10 Å². The highest BCUT2D eigenvalue weighted by Crippen LogP contribution is 2.30. The fourth-order valence-corrected chi connectivity index (χ4v) is 2.74. The van der Waals surface area contributed by atoms with Gasteiger partial charge in [0.1, 0.15) is 0 Å². The molecule has 1 fully saturated rings. The third kappa shape index (κ3) is 4.94. The van der Waals surface area contributed by atoms with E-state index in [1.54, 1.807) is 0 Å². The van der Waals surface area contributed by atoms with Gasteiger partial charge < -0.3 is 15.2 Å². The van der Waals surface area contributed by atoms with Crippen molar-refractivity contribution in [1.82, 2.24) is 5.32 Å². The zero-order chi connectivity index (χ0) is 12.9. The fourth-order valence-electron chi connectivity index (χ4n) is 2.74. The number of aliphatic hydroxyl groups excluding tert-OH is 1. The summed E-state index contributed by atoms with van der Waals surface area (Å²) < 4.78 is 5.97. The van der Waals surface area contributed by atoms with Crippen LogP contribution in [0.2, 0.25) is 0 Å². The molecule has 0 saturated heterocycles. The summed E-state index contributed by atoms with van der Waals surface area (Å²) in [6.45, 7) is 7.56. The number of aliphatic hydroxyl groups is 1. The Labute approximate surface area is 106 Å². The lowest BCUT2D eigenvalue weighted by molar-refractivity contribution is -0.0108. The van der Waals surface area contributed by atoms with Crippen LogP contribution in [-0.2, 0) is 4.74 Å². The van der Waals surface area contributed by atoms with Crippen LogP contribution < -0.4 is 5.32 Å². The predicted octanol–water partition coefficient (Wildman–Crippen LogP) is 2.19. The lowest BCUT2D eigenvalue weighted by Crippen LogP contribution is -2.44. The van der Waals surface area contributed by atoms with Gasteiger partial charge in [0.15, 0.2) is 0 Å². The van der Waals surface area contributed by atoms with Crippen LogP contribution in [0.25, 0.3) is 0 Å². The minimum Gasteiger partial charge on any atom is -0.394 e. The van der Waals surface area contributed by atoms with Gasteiger partial charge in [-0.25, -0.2) is 0 Å². The second kappa shape index (κ2) is 6.72. The first-order valence-electron chi connectivity index (χ1n) is 6.90. The van der Waals surface area contributed by atoms with Gasteiger partial charge in [-0.15, -0.1) is 0 Å². The SMILES string of the molecule is CNC(C)(CO)CCOC1CC(C)CC(C)C1. The molecule has 0 amide bonds. The summed E-state index contributed by atoms with van der Waals surface area (Å²) in [4.78, 5) is 0. The van der Waals surface area contributed by atoms with Crippen molar-refractivity contribution >= 4 is 0 Å². The average Bonchev–Trinajstić information content (AvgIpc) is 2.27. The minimum absolute atomic E-state index is 0.157. The maximum Gasteiger partial charge on any atom is 0.0611 e. The Morgan fingerprint density at radius 1 is 1.24 bits per heavy atom. The van der Waals surface area contributed by atoms with Crippen LogP contribution in [-0.4, -0.2) is 37.0 Å². The number of hydrogen-bond donors (Lipinski definition) is 2. The van der Waals surface area contributed by atoms with Crippen LogP contribution in [0.15, 0.2) is 0 Å². The van der Waals surface area contributed by atoms with Gasteiger partial charge in [0.05, 0.1) is 12.7 Å². The molecule has 0 radical (unpaired) electrons. The quantitative estimate of drug-likeness (QED) is 0.751. The first kappa shape index (κ1) is 14.9. The van der Waals surface area contributed by atoms with Gasteiger partial charge in [-0.2, -0.15) is 0 Å². The predicted molar refractivity (Wildman–Crippen MR) is 71.1 cm³/mol. The standard InChI is InChI=1S/C14H29NO2/c1-11-7-12(2)9-13(8-11)17-6-5-14(3,10-16)15-4/h11-13,15-16H,5-10H2,1-4H3. The number of rotatable bonds is 6. The molecule has 2 N–H and O–H groups in total. The van der Waals surface area contributed by atoms with Crippen molar-refractivity contribution in [1.29, 1.82) is 0 Å². The van der Waals surface area contributed by atoms with Gasteiger partial charge >= 0.3 is 0 Å². The monoisotopic (exact) mass is 243 g/mol. The molecule has 0 aromatic heterocycles. The smallest absolute Gasteiger partial charge is 0.0611 e. The molecule has 1 saturated carbocycles. The summed E-state index contributed by atoms with van der Waals surface area (Å²) in [6.07, 6.45) is 5.01. The molecule has 3 heteroatoms. The maximum absolute atomic E-state index is 9.29. The van der Waals surface area contributed by atoms with E-state index in [-0.39, 0.29) is 12.1 Å². The van der Waals surface area contributed by atoms with Crippen molar-refractivity contribution in [3.8, 4) is 0 Å². The van der Waals surface area contributed by atoms with E-state index in [4.69, 9.17) is 4.74 Å². The lowest BCUT2D eigenvalue weighted by Gasteiger charge is -2.33. The normalized spacial score (nSPS) is 33.4. The lowest BCUT2D eigenvalue weighted by atomic mass is 9.82. The summed E-state index contributed by atoms with van der Waals surface area (Å²) in [5.41, 5.74) is -0.202. The molecule has 3 unspecified atom stereocenters. The zero-order valence-corrected chi connectivity index (χ0v) is 11.8. The fraction of sp³-hybridized carbons (Fsp3) is 1.00. The molecule has 1 rings (SSSR count). The molecule has 1 aliphatic carbocycles. The van der Waals surface area contributed by atoms with Crippen molar-refractivity contribution in [2.75, 3.05) is 20.3 Å². The van der Waals surface area contributed by atoms with Crippen LogP contribution in [0.5, 0.6) is 0 Å². The number of nitrogens with one attached hydrogen (secondary N) is 1. The van der Waals surface area contributed by atoms with Crippen LogP contribution in [0.3, 0.4) is 0 Å². The summed E-state index contributed by atoms with van der Waals surface area (Å²) >= 11 is 0. The van der Waals surface area contributed by atoms with Gasteiger partial charge in [-0.3, -0.25) is 0 Å². The van der Waals surface area contributed by atoms with Crippen molar-refractivity contribution in [3.05, 3.63) is 0 Å². The van der Waals surface area contributed by atoms with Gasteiger partial charge in [0.2, 0.25) is 0 Å². The van der Waals surface area contributed by atoms with E-state index in [1.807, 2.05) is 14.0 Å². The molecule has 3 atom stereocenters. The summed E-state index contributed by atoms with van der Waals surface area (Å²) in [7, 11) is 1.89. The molecule has 0 heterocycles. The molecule has 102 valence electrons. The summed E-state index contributed by atoms with van der Waals surface area (Å²) in [5, 5.41) is 12.4. The largest absolute Gasteiger partial charge is 0.394 e. The summed E-state index contributed by atoms with van der Waals surface area (Å²) in [5.74, 6) is 1.58. The third-order valence-corrected chi connectivity index (χ3v) is 4.10. The van der Waals surface area contributed by atoms with Crippen LogP contribution >= 0.6 is 0 Å². The highest BCUT2D eigenvalue weighted by Gasteiger charge is 2.26. The van der Waals surface area contributed by atoms with E-state index in [2.05, 4.69) is 19.2 Å². The number of hydrogen-bond acceptors (Lipinski definition) is 3. The Morgan fingerprint density at radius 3 is 2.29 bits per heavy atom. The molecule has 0 aromatic rings. The third-order valence-electron chi connectivity index (χ3n) is 4.10. The molecule has 0 bridgehead atoms. The Bertz CT molecular complexity index is 206. The molecule has 3 nitrogen and oxygen atoms in total. The number of likely N-dealkylation sites (N-methyl/N-ethyl adjacent to an activating group) is 1. The van der Waals surface area contributed by atoms with Crippen LogP contribution in [0.4, 0.5) is 0 Å². The molecule has 0 aliphatic heterocycles. The van der Waals surface area contributed by atoms with Crippen molar-refractivity contribution < 1.29 is 9.84 Å². The molecule has 0 aromatic carbocycles. The van der Waals surface area contributed by atoms with Gasteiger partial charge in [-0.1, -0.05) is 13.8 Å². The molecule has 17 heavy (non-hydrogen) atoms. The maximum atomic E-state index is 9.29. The van der Waals surface area contributed by atoms with E-state index in [0.717, 1.165) is 24.9 Å². The molecular formula is C14H29NO2. The van der Waals surface area contributed by atoms with Crippen molar-refractivity contribution in [3.63, 3.8) is 0 Å². The van der Waals surface area contributed by atoms with E-state index in [9.17, 15) is 5.11 Å².